The maximum absolute atomic E-state index is 3.30. The molecule has 0 saturated heterocycles. The van der Waals surface area contributed by atoms with Crippen LogP contribution in [0.25, 0.3) is 0 Å². The van der Waals surface area contributed by atoms with Crippen LogP contribution in [0.5, 0.6) is 0 Å². The van der Waals surface area contributed by atoms with Crippen molar-refractivity contribution in [1.82, 2.24) is 0 Å². The summed E-state index contributed by atoms with van der Waals surface area (Å²) in [6, 6.07) is 16.7. The largest absolute Gasteiger partial charge is 0.205 e. The van der Waals surface area contributed by atoms with Crippen LogP contribution in [-0.4, -0.2) is 0 Å². The van der Waals surface area contributed by atoms with Crippen molar-refractivity contribution in [3.05, 3.63) is 95.6 Å². The van der Waals surface area contributed by atoms with Crippen LogP contribution < -0.4 is 9.13 Å². The highest BCUT2D eigenvalue weighted by molar-refractivity contribution is 5.43. The van der Waals surface area contributed by atoms with Crippen molar-refractivity contribution >= 4 is 0 Å². The Morgan fingerprint density at radius 2 is 1.17 bits per heavy atom. The highest BCUT2D eigenvalue weighted by Crippen LogP contribution is 2.03. The van der Waals surface area contributed by atoms with Crippen molar-refractivity contribution in [1.29, 1.82) is 0 Å². The van der Waals surface area contributed by atoms with Crippen LogP contribution in [0, 0.1) is 37.5 Å². The van der Waals surface area contributed by atoms with Gasteiger partial charge in [0.15, 0.2) is 24.8 Å². The van der Waals surface area contributed by atoms with Gasteiger partial charge in [0, 0.05) is 60.1 Å². The Balaban J connectivity index is 1.43. The van der Waals surface area contributed by atoms with Crippen LogP contribution in [0.3, 0.4) is 0 Å². The Hall–Kier alpha value is -3.36. The first kappa shape index (κ1) is 21.4. The van der Waals surface area contributed by atoms with Crippen molar-refractivity contribution in [3.8, 4) is 23.7 Å². The van der Waals surface area contributed by atoms with Crippen molar-refractivity contribution < 1.29 is 9.13 Å². The smallest absolute Gasteiger partial charge is 0.171 e. The summed E-state index contributed by atoms with van der Waals surface area (Å²) in [5.74, 6) is 13.2. The Morgan fingerprint density at radius 1 is 0.667 bits per heavy atom. The topological polar surface area (TPSA) is 7.76 Å². The number of benzene rings is 1. The zero-order valence-electron chi connectivity index (χ0n) is 18.1. The van der Waals surface area contributed by atoms with Crippen molar-refractivity contribution in [2.75, 3.05) is 0 Å². The fourth-order valence-electron chi connectivity index (χ4n) is 3.29. The molecular formula is C28H30N2+2. The van der Waals surface area contributed by atoms with Crippen LogP contribution in [0.4, 0.5) is 0 Å². The molecule has 0 spiro atoms. The van der Waals surface area contributed by atoms with Gasteiger partial charge in [0.25, 0.3) is 0 Å². The summed E-state index contributed by atoms with van der Waals surface area (Å²) in [5.41, 5.74) is 4.66. The molecule has 0 unspecified atom stereocenters. The molecule has 150 valence electrons. The van der Waals surface area contributed by atoms with Crippen molar-refractivity contribution in [3.63, 3.8) is 0 Å². The van der Waals surface area contributed by atoms with Gasteiger partial charge in [-0.3, -0.25) is 0 Å². The van der Waals surface area contributed by atoms with E-state index < -0.39 is 0 Å². The number of nitrogens with zero attached hydrogens (tertiary/aromatic N) is 2. The maximum atomic E-state index is 3.30. The Bertz CT molecular complexity index is 1010. The molecule has 3 rings (SSSR count). The van der Waals surface area contributed by atoms with E-state index in [9.17, 15) is 0 Å². The molecule has 0 atom stereocenters. The summed E-state index contributed by atoms with van der Waals surface area (Å²) in [7, 11) is 0. The fraction of sp³-hybridized carbons (Fsp3) is 0.286. The van der Waals surface area contributed by atoms with Crippen molar-refractivity contribution in [2.45, 2.75) is 52.6 Å². The summed E-state index contributed by atoms with van der Waals surface area (Å²) in [5, 5.41) is 0. The van der Waals surface area contributed by atoms with E-state index in [1.54, 1.807) is 0 Å². The molecule has 2 nitrogen and oxygen atoms in total. The first-order chi connectivity index (χ1) is 14.7. The minimum absolute atomic E-state index is 0.896. The lowest BCUT2D eigenvalue weighted by atomic mass is 10.1. The number of aryl methyl sites for hydroxylation is 4. The number of aromatic nitrogens is 2. The first-order valence-corrected chi connectivity index (χ1v) is 10.7. The number of hydrogen-bond donors (Lipinski definition) is 0. The molecule has 0 saturated carbocycles. The number of pyridine rings is 2. The Kier molecular flexibility index (Phi) is 8.25. The second kappa shape index (κ2) is 11.6. The minimum atomic E-state index is 0.896. The Morgan fingerprint density at radius 3 is 1.63 bits per heavy atom. The lowest BCUT2D eigenvalue weighted by Crippen LogP contribution is -2.32. The van der Waals surface area contributed by atoms with Crippen LogP contribution in [0.2, 0.25) is 0 Å². The molecule has 0 aliphatic heterocycles. The molecule has 2 heterocycles. The molecule has 3 aromatic rings. The quantitative estimate of drug-likeness (QED) is 0.329. The lowest BCUT2D eigenvalue weighted by Gasteiger charge is -1.96. The molecule has 0 aliphatic carbocycles. The van der Waals surface area contributed by atoms with E-state index in [1.807, 2.05) is 6.07 Å². The van der Waals surface area contributed by atoms with Gasteiger partial charge < -0.3 is 0 Å². The molecule has 1 aromatic carbocycles. The van der Waals surface area contributed by atoms with E-state index in [4.69, 9.17) is 0 Å². The molecule has 2 heteroatoms. The Labute approximate surface area is 181 Å². The van der Waals surface area contributed by atoms with Crippen LogP contribution in [0.15, 0.2) is 73.3 Å². The van der Waals surface area contributed by atoms with E-state index in [2.05, 4.69) is 114 Å². The molecular weight excluding hydrogens is 364 g/mol. The van der Waals surface area contributed by atoms with Gasteiger partial charge in [-0.15, -0.1) is 0 Å². The third-order valence-corrected chi connectivity index (χ3v) is 4.78. The van der Waals surface area contributed by atoms with E-state index in [1.165, 1.54) is 11.1 Å². The fourth-order valence-corrected chi connectivity index (χ4v) is 3.29. The van der Waals surface area contributed by atoms with E-state index in [0.29, 0.717) is 0 Å². The molecule has 30 heavy (non-hydrogen) atoms. The zero-order chi connectivity index (χ0) is 21.0. The van der Waals surface area contributed by atoms with Gasteiger partial charge >= 0.3 is 0 Å². The van der Waals surface area contributed by atoms with E-state index in [0.717, 1.165) is 49.9 Å². The predicted molar refractivity (Wildman–Crippen MR) is 121 cm³/mol. The summed E-state index contributed by atoms with van der Waals surface area (Å²) in [6.45, 7) is 6.25. The average molecular weight is 395 g/mol. The predicted octanol–water partition coefficient (Wildman–Crippen LogP) is 4.54. The summed E-state index contributed by atoms with van der Waals surface area (Å²) in [4.78, 5) is 0. The molecule has 0 N–H and O–H groups in total. The molecule has 0 aliphatic rings. The average Bonchev–Trinajstić information content (AvgIpc) is 2.74. The maximum Gasteiger partial charge on any atom is 0.171 e. The van der Waals surface area contributed by atoms with Gasteiger partial charge in [-0.2, -0.15) is 0 Å². The summed E-state index contributed by atoms with van der Waals surface area (Å²) >= 11 is 0. The normalized spacial score (nSPS) is 9.93. The van der Waals surface area contributed by atoms with Gasteiger partial charge in [-0.25, -0.2) is 9.13 Å². The number of unbranched alkanes of at least 4 members (excludes halogenated alkanes) is 2. The highest BCUT2D eigenvalue weighted by Gasteiger charge is 1.99. The molecule has 0 amide bonds. The van der Waals surface area contributed by atoms with Crippen LogP contribution in [-0.2, 0) is 13.1 Å². The third-order valence-electron chi connectivity index (χ3n) is 4.78. The van der Waals surface area contributed by atoms with Gasteiger partial charge in [0.2, 0.25) is 0 Å². The van der Waals surface area contributed by atoms with Gasteiger partial charge in [0.05, 0.1) is 0 Å². The first-order valence-electron chi connectivity index (χ1n) is 10.7. The summed E-state index contributed by atoms with van der Waals surface area (Å²) < 4.78 is 4.45. The van der Waals surface area contributed by atoms with Gasteiger partial charge in [-0.05, 0) is 44.2 Å². The second-order valence-electron chi connectivity index (χ2n) is 7.63. The number of hydrogen-bond acceptors (Lipinski definition) is 0. The molecule has 2 aromatic heterocycles. The van der Waals surface area contributed by atoms with Crippen LogP contribution >= 0.6 is 0 Å². The van der Waals surface area contributed by atoms with Crippen molar-refractivity contribution in [2.24, 2.45) is 0 Å². The zero-order valence-corrected chi connectivity index (χ0v) is 18.1. The van der Waals surface area contributed by atoms with Gasteiger partial charge in [0.1, 0.15) is 13.1 Å². The molecule has 0 bridgehead atoms. The van der Waals surface area contributed by atoms with Gasteiger partial charge in [-0.1, -0.05) is 29.7 Å². The lowest BCUT2D eigenvalue weighted by molar-refractivity contribution is -0.697. The standard InChI is InChI=1S/C28H30N2/c1-25-12-10-20-29(23-25)18-7-3-5-14-27-16-9-17-28(22-27)15-6-4-8-19-30-21-11-13-26(2)24-30/h9-13,16-17,20-24H,3-4,7-8,18-19H2,1-2H3/q+2. The monoisotopic (exact) mass is 394 g/mol. The SMILES string of the molecule is Cc1ccc[n+](CCCC#Cc2cccc(C#CCCC[n+]3cccc(C)c3)c2)c1. The minimum Gasteiger partial charge on any atom is -0.205 e. The molecule has 0 fully saturated rings. The second-order valence-corrected chi connectivity index (χ2v) is 7.63. The summed E-state index contributed by atoms with van der Waals surface area (Å²) in [6.07, 6.45) is 12.5. The number of rotatable bonds is 6. The third kappa shape index (κ3) is 7.57. The molecule has 0 radical (unpaired) electrons. The highest BCUT2D eigenvalue weighted by atomic mass is 14.9. The van der Waals surface area contributed by atoms with E-state index in [-0.39, 0.29) is 0 Å². The van der Waals surface area contributed by atoms with E-state index >= 15 is 0 Å². The van der Waals surface area contributed by atoms with Crippen LogP contribution in [0.1, 0.15) is 47.9 Å².